The lowest BCUT2D eigenvalue weighted by molar-refractivity contribution is 0.649. The fraction of sp³-hybridized carbons (Fsp3) is 0.103. The molecule has 5 aromatic carbocycles. The minimum absolute atomic E-state index is 0.219. The third kappa shape index (κ3) is 3.99. The molecule has 0 amide bonds. The molecule has 0 fully saturated rings. The first-order valence-corrected chi connectivity index (χ1v) is 11.6. The van der Waals surface area contributed by atoms with Crippen LogP contribution in [0.5, 0.6) is 0 Å². The first kappa shape index (κ1) is 21.0. The molecule has 1 aliphatic rings. The summed E-state index contributed by atoms with van der Waals surface area (Å²) in [5.74, 6) is 0. The largest absolute Gasteiger partial charge is 0.363 e. The van der Waals surface area contributed by atoms with Gasteiger partial charge in [-0.2, -0.15) is 5.11 Å². The first-order valence-electron chi connectivity index (χ1n) is 11.6. The molecule has 6 rings (SSSR count). The normalized spacial score (nSPS) is 14.5. The standard InChI is InChI=1S/C29H24N6/c1-29(2)30-26-14-8-13-22-25(17-18-27(31-29)28(22)26)35-34-24-16-15-23(20-11-6-7-12-21(20)24)33-32-19-9-4-3-5-10-19/h3-18,30-31H,1-2H3/b33-32+,35-34+. The molecule has 35 heavy (non-hydrogen) atoms. The molecule has 0 unspecified atom stereocenters. The van der Waals surface area contributed by atoms with Crippen molar-refractivity contribution < 1.29 is 0 Å². The van der Waals surface area contributed by atoms with Gasteiger partial charge in [-0.1, -0.05) is 54.6 Å². The van der Waals surface area contributed by atoms with Crippen molar-refractivity contribution in [2.75, 3.05) is 10.6 Å². The van der Waals surface area contributed by atoms with Crippen molar-refractivity contribution in [3.63, 3.8) is 0 Å². The van der Waals surface area contributed by atoms with Crippen LogP contribution in [-0.4, -0.2) is 5.66 Å². The SMILES string of the molecule is CC1(C)Nc2cccc3c(/N=N/c4ccc(/N=N/c5ccccc5)c5ccccc45)ccc(c23)N1. The molecule has 0 spiro atoms. The monoisotopic (exact) mass is 456 g/mol. The van der Waals surface area contributed by atoms with Crippen molar-refractivity contribution >= 4 is 55.7 Å². The van der Waals surface area contributed by atoms with E-state index in [-0.39, 0.29) is 5.66 Å². The van der Waals surface area contributed by atoms with E-state index in [0.717, 1.165) is 55.7 Å². The molecule has 0 aliphatic carbocycles. The maximum atomic E-state index is 4.67. The molecule has 170 valence electrons. The number of anilines is 2. The molecular weight excluding hydrogens is 432 g/mol. The summed E-state index contributed by atoms with van der Waals surface area (Å²) in [4.78, 5) is 0. The van der Waals surface area contributed by atoms with E-state index in [1.165, 1.54) is 0 Å². The number of azo groups is 2. The molecule has 0 aromatic heterocycles. The molecule has 0 saturated heterocycles. The van der Waals surface area contributed by atoms with Gasteiger partial charge in [-0.25, -0.2) is 0 Å². The van der Waals surface area contributed by atoms with Crippen LogP contribution in [0.2, 0.25) is 0 Å². The van der Waals surface area contributed by atoms with Crippen molar-refractivity contribution in [3.8, 4) is 0 Å². The molecule has 6 heteroatoms. The van der Waals surface area contributed by atoms with Crippen LogP contribution in [0.1, 0.15) is 13.8 Å². The van der Waals surface area contributed by atoms with E-state index >= 15 is 0 Å². The van der Waals surface area contributed by atoms with Crippen LogP contribution in [-0.2, 0) is 0 Å². The van der Waals surface area contributed by atoms with Crippen LogP contribution in [0.25, 0.3) is 21.5 Å². The Kier molecular flexibility index (Phi) is 4.99. The fourth-order valence-corrected chi connectivity index (χ4v) is 4.55. The summed E-state index contributed by atoms with van der Waals surface area (Å²) in [6.07, 6.45) is 0. The van der Waals surface area contributed by atoms with Crippen LogP contribution in [0.15, 0.2) is 118 Å². The lowest BCUT2D eigenvalue weighted by Gasteiger charge is -2.36. The average Bonchev–Trinajstić information content (AvgIpc) is 2.87. The van der Waals surface area contributed by atoms with Crippen molar-refractivity contribution in [1.29, 1.82) is 0 Å². The van der Waals surface area contributed by atoms with Gasteiger partial charge in [-0.15, -0.1) is 15.3 Å². The number of hydrogen-bond acceptors (Lipinski definition) is 6. The van der Waals surface area contributed by atoms with Crippen molar-refractivity contribution in [3.05, 3.63) is 97.1 Å². The summed E-state index contributed by atoms with van der Waals surface area (Å²) < 4.78 is 0. The number of hydrogen-bond donors (Lipinski definition) is 2. The second-order valence-corrected chi connectivity index (χ2v) is 9.12. The maximum Gasteiger partial charge on any atom is 0.102 e. The van der Waals surface area contributed by atoms with Crippen molar-refractivity contribution in [2.24, 2.45) is 20.5 Å². The lowest BCUT2D eigenvalue weighted by atomic mass is 10.00. The number of benzene rings is 5. The number of fused-ring (bicyclic) bond motifs is 1. The highest BCUT2D eigenvalue weighted by Gasteiger charge is 2.25. The molecular formula is C29H24N6. The minimum atomic E-state index is -0.219. The second-order valence-electron chi connectivity index (χ2n) is 9.12. The van der Waals surface area contributed by atoms with E-state index < -0.39 is 0 Å². The van der Waals surface area contributed by atoms with Crippen LogP contribution < -0.4 is 10.6 Å². The van der Waals surface area contributed by atoms with Gasteiger partial charge in [0.05, 0.1) is 22.7 Å². The van der Waals surface area contributed by atoms with Crippen LogP contribution in [0.3, 0.4) is 0 Å². The molecule has 1 heterocycles. The fourth-order valence-electron chi connectivity index (χ4n) is 4.55. The van der Waals surface area contributed by atoms with Crippen molar-refractivity contribution in [1.82, 2.24) is 0 Å². The first-order chi connectivity index (χ1) is 17.1. The van der Waals surface area contributed by atoms with E-state index in [1.807, 2.05) is 72.8 Å². The number of nitrogens with zero attached hydrogens (tertiary/aromatic N) is 4. The van der Waals surface area contributed by atoms with E-state index in [9.17, 15) is 0 Å². The summed E-state index contributed by atoms with van der Waals surface area (Å²) in [7, 11) is 0. The Hall–Kier alpha value is -4.58. The Labute approximate surface area is 203 Å². The van der Waals surface area contributed by atoms with Gasteiger partial charge in [0, 0.05) is 32.9 Å². The molecule has 0 saturated carbocycles. The van der Waals surface area contributed by atoms with Gasteiger partial charge in [-0.05, 0) is 56.3 Å². The predicted octanol–water partition coefficient (Wildman–Crippen LogP) is 9.40. The van der Waals surface area contributed by atoms with Crippen LogP contribution in [0.4, 0.5) is 34.1 Å². The molecule has 0 radical (unpaired) electrons. The zero-order valence-corrected chi connectivity index (χ0v) is 19.5. The summed E-state index contributed by atoms with van der Waals surface area (Å²) in [5.41, 5.74) is 5.19. The summed E-state index contributed by atoms with van der Waals surface area (Å²) in [5, 5.41) is 29.5. The maximum absolute atomic E-state index is 4.67. The van der Waals surface area contributed by atoms with Gasteiger partial charge in [0.15, 0.2) is 0 Å². The zero-order valence-electron chi connectivity index (χ0n) is 19.5. The van der Waals surface area contributed by atoms with Gasteiger partial charge in [0.2, 0.25) is 0 Å². The highest BCUT2D eigenvalue weighted by molar-refractivity contribution is 6.09. The number of nitrogens with one attached hydrogen (secondary N) is 2. The predicted molar refractivity (Wildman–Crippen MR) is 144 cm³/mol. The number of rotatable bonds is 4. The molecule has 6 nitrogen and oxygen atoms in total. The third-order valence-corrected chi connectivity index (χ3v) is 6.08. The Bertz CT molecular complexity index is 1610. The van der Waals surface area contributed by atoms with E-state index in [4.69, 9.17) is 0 Å². The smallest absolute Gasteiger partial charge is 0.102 e. The second kappa shape index (κ2) is 8.33. The Morgan fingerprint density at radius 3 is 1.69 bits per heavy atom. The molecule has 0 bridgehead atoms. The molecule has 1 aliphatic heterocycles. The molecule has 5 aromatic rings. The molecule has 0 atom stereocenters. The third-order valence-electron chi connectivity index (χ3n) is 6.08. The van der Waals surface area contributed by atoms with E-state index in [1.54, 1.807) is 0 Å². The van der Waals surface area contributed by atoms with Crippen LogP contribution >= 0.6 is 0 Å². The Balaban J connectivity index is 1.39. The quantitative estimate of drug-likeness (QED) is 0.264. The molecule has 2 N–H and O–H groups in total. The highest BCUT2D eigenvalue weighted by atomic mass is 15.2. The van der Waals surface area contributed by atoms with Crippen LogP contribution in [0, 0.1) is 0 Å². The average molecular weight is 457 g/mol. The highest BCUT2D eigenvalue weighted by Crippen LogP contribution is 2.42. The van der Waals surface area contributed by atoms with Gasteiger partial charge in [0.1, 0.15) is 5.66 Å². The van der Waals surface area contributed by atoms with Gasteiger partial charge in [0.25, 0.3) is 0 Å². The summed E-state index contributed by atoms with van der Waals surface area (Å²) >= 11 is 0. The van der Waals surface area contributed by atoms with Gasteiger partial charge >= 0.3 is 0 Å². The van der Waals surface area contributed by atoms with Gasteiger partial charge in [-0.3, -0.25) is 0 Å². The summed E-state index contributed by atoms with van der Waals surface area (Å²) in [6, 6.07) is 32.0. The Morgan fingerprint density at radius 1 is 0.486 bits per heavy atom. The lowest BCUT2D eigenvalue weighted by Crippen LogP contribution is -2.41. The van der Waals surface area contributed by atoms with Crippen molar-refractivity contribution in [2.45, 2.75) is 19.5 Å². The van der Waals surface area contributed by atoms with E-state index in [2.05, 4.69) is 69.2 Å². The topological polar surface area (TPSA) is 73.5 Å². The summed E-state index contributed by atoms with van der Waals surface area (Å²) in [6.45, 7) is 4.24. The van der Waals surface area contributed by atoms with E-state index in [0.29, 0.717) is 0 Å². The zero-order chi connectivity index (χ0) is 23.8. The Morgan fingerprint density at radius 2 is 1.00 bits per heavy atom. The minimum Gasteiger partial charge on any atom is -0.363 e. The van der Waals surface area contributed by atoms with Gasteiger partial charge < -0.3 is 10.6 Å².